The number of rotatable bonds is 9. The second kappa shape index (κ2) is 12.0. The van der Waals surface area contributed by atoms with Crippen molar-refractivity contribution in [2.24, 2.45) is 0 Å². The minimum atomic E-state index is -0.410. The molecular weight excluding hydrogens is 470 g/mol. The van der Waals surface area contributed by atoms with Crippen molar-refractivity contribution in [1.82, 2.24) is 20.0 Å². The highest BCUT2D eigenvalue weighted by molar-refractivity contribution is 5.87. The summed E-state index contributed by atoms with van der Waals surface area (Å²) >= 11 is 0. The molecule has 1 saturated heterocycles. The summed E-state index contributed by atoms with van der Waals surface area (Å²) in [5.41, 5.74) is 4.03. The van der Waals surface area contributed by atoms with Crippen molar-refractivity contribution in [2.45, 2.75) is 40.3 Å². The Morgan fingerprint density at radius 1 is 0.973 bits per heavy atom. The van der Waals surface area contributed by atoms with E-state index in [-0.39, 0.29) is 31.2 Å². The molecule has 0 spiro atoms. The third kappa shape index (κ3) is 6.35. The number of anilines is 1. The topological polar surface area (TPSA) is 96.8 Å². The summed E-state index contributed by atoms with van der Waals surface area (Å²) in [5.74, 6) is -0.557. The molecule has 2 heterocycles. The third-order valence-electron chi connectivity index (χ3n) is 6.77. The summed E-state index contributed by atoms with van der Waals surface area (Å²) in [5, 5.41) is 8.24. The smallest absolute Gasteiger partial charge is 0.311 e. The highest BCUT2D eigenvalue weighted by Crippen LogP contribution is 2.25. The monoisotopic (exact) mass is 505 g/mol. The average molecular weight is 506 g/mol. The van der Waals surface area contributed by atoms with E-state index in [9.17, 15) is 14.4 Å². The van der Waals surface area contributed by atoms with Crippen molar-refractivity contribution in [2.75, 3.05) is 44.2 Å². The van der Waals surface area contributed by atoms with Crippen molar-refractivity contribution >= 4 is 28.3 Å². The van der Waals surface area contributed by atoms with Crippen LogP contribution in [0.3, 0.4) is 0 Å². The van der Waals surface area contributed by atoms with Crippen LogP contribution in [0.4, 0.5) is 5.69 Å². The lowest BCUT2D eigenvalue weighted by Crippen LogP contribution is -2.47. The van der Waals surface area contributed by atoms with Crippen LogP contribution in [-0.4, -0.2) is 65.9 Å². The van der Waals surface area contributed by atoms with E-state index in [2.05, 4.69) is 52.3 Å². The zero-order valence-electron chi connectivity index (χ0n) is 21.8. The van der Waals surface area contributed by atoms with Gasteiger partial charge in [0.1, 0.15) is 6.67 Å². The Morgan fingerprint density at radius 2 is 1.65 bits per heavy atom. The molecule has 0 unspecified atom stereocenters. The molecule has 0 atom stereocenters. The molecule has 2 aromatic carbocycles. The van der Waals surface area contributed by atoms with Crippen molar-refractivity contribution in [3.05, 3.63) is 69.6 Å². The summed E-state index contributed by atoms with van der Waals surface area (Å²) in [6.07, 6.45) is 0.290. The number of benzene rings is 2. The van der Waals surface area contributed by atoms with Crippen LogP contribution in [0.15, 0.2) is 47.3 Å². The molecule has 0 saturated carbocycles. The van der Waals surface area contributed by atoms with Gasteiger partial charge in [-0.2, -0.15) is 5.10 Å². The summed E-state index contributed by atoms with van der Waals surface area (Å²) < 4.78 is 6.26. The fourth-order valence-electron chi connectivity index (χ4n) is 4.90. The van der Waals surface area contributed by atoms with Crippen LogP contribution < -0.4 is 15.8 Å². The first-order chi connectivity index (χ1) is 17.9. The molecule has 4 rings (SSSR count). The van der Waals surface area contributed by atoms with Gasteiger partial charge in [-0.25, -0.2) is 4.68 Å². The number of amides is 1. The number of carbonyl (C=O) groups is 2. The van der Waals surface area contributed by atoms with E-state index in [0.717, 1.165) is 26.2 Å². The average Bonchev–Trinajstić information content (AvgIpc) is 2.89. The Labute approximate surface area is 217 Å². The Balaban J connectivity index is 1.32. The van der Waals surface area contributed by atoms with E-state index < -0.39 is 5.97 Å². The molecule has 196 valence electrons. The molecule has 1 aliphatic rings. The van der Waals surface area contributed by atoms with Crippen molar-refractivity contribution in [1.29, 1.82) is 0 Å². The Morgan fingerprint density at radius 3 is 2.32 bits per heavy atom. The first-order valence-corrected chi connectivity index (χ1v) is 12.8. The predicted octanol–water partition coefficient (Wildman–Crippen LogP) is 2.40. The molecule has 0 bridgehead atoms. The van der Waals surface area contributed by atoms with Gasteiger partial charge >= 0.3 is 5.97 Å². The van der Waals surface area contributed by atoms with E-state index in [1.165, 1.54) is 21.5 Å². The Bertz CT molecular complexity index is 1310. The van der Waals surface area contributed by atoms with Gasteiger partial charge in [0.2, 0.25) is 5.91 Å². The van der Waals surface area contributed by atoms with Gasteiger partial charge < -0.3 is 15.0 Å². The van der Waals surface area contributed by atoms with Crippen LogP contribution in [0.25, 0.3) is 10.8 Å². The number of para-hydroxylation sites is 1. The number of ether oxygens (including phenoxy) is 1. The maximum atomic E-state index is 12.9. The molecule has 1 amide bonds. The number of fused-ring (bicyclic) bond motifs is 1. The van der Waals surface area contributed by atoms with Gasteiger partial charge in [0.15, 0.2) is 0 Å². The summed E-state index contributed by atoms with van der Waals surface area (Å²) in [6, 6.07) is 13.4. The number of nitrogens with zero attached hydrogens (tertiary/aromatic N) is 4. The molecule has 1 aliphatic heterocycles. The lowest BCUT2D eigenvalue weighted by atomic mass is 10.1. The van der Waals surface area contributed by atoms with Crippen LogP contribution in [0.2, 0.25) is 0 Å². The number of aromatic nitrogens is 2. The fraction of sp³-hybridized carbons (Fsp3) is 0.429. The lowest BCUT2D eigenvalue weighted by molar-refractivity contribution is -0.142. The Kier molecular flexibility index (Phi) is 8.55. The van der Waals surface area contributed by atoms with Gasteiger partial charge in [-0.05, 0) is 38.0 Å². The van der Waals surface area contributed by atoms with Crippen LogP contribution in [0, 0.1) is 13.8 Å². The molecule has 1 aromatic heterocycles. The highest BCUT2D eigenvalue weighted by atomic mass is 16.5. The van der Waals surface area contributed by atoms with Crippen LogP contribution >= 0.6 is 0 Å². The molecule has 0 radical (unpaired) electrons. The number of piperazine rings is 1. The second-order valence-electron chi connectivity index (χ2n) is 9.36. The normalized spacial score (nSPS) is 14.1. The second-order valence-corrected chi connectivity index (χ2v) is 9.36. The van der Waals surface area contributed by atoms with Gasteiger partial charge in [-0.1, -0.05) is 36.4 Å². The quantitative estimate of drug-likeness (QED) is 0.446. The fourth-order valence-corrected chi connectivity index (χ4v) is 4.90. The number of esters is 1. The molecule has 0 aliphatic carbocycles. The van der Waals surface area contributed by atoms with Crippen molar-refractivity contribution in [3.63, 3.8) is 0 Å². The standard InChI is InChI=1S/C28H35N5O4/c1-4-37-26(35)18-24-22-10-5-6-11-23(22)28(36)33(30-24)19-29-25(34)12-13-31-14-16-32(17-15-31)27-20(2)8-7-9-21(27)3/h5-11H,4,12-19H2,1-3H3,(H,29,34). The zero-order chi connectivity index (χ0) is 26.4. The lowest BCUT2D eigenvalue weighted by Gasteiger charge is -2.37. The molecule has 9 heteroatoms. The number of hydrogen-bond donors (Lipinski definition) is 1. The molecule has 3 aromatic rings. The maximum absolute atomic E-state index is 12.9. The van der Waals surface area contributed by atoms with Gasteiger partial charge in [0, 0.05) is 50.2 Å². The third-order valence-corrected chi connectivity index (χ3v) is 6.77. The highest BCUT2D eigenvalue weighted by Gasteiger charge is 2.20. The van der Waals surface area contributed by atoms with Gasteiger partial charge in [0.25, 0.3) is 5.56 Å². The van der Waals surface area contributed by atoms with Crippen molar-refractivity contribution < 1.29 is 14.3 Å². The SMILES string of the molecule is CCOC(=O)Cc1nn(CNC(=O)CCN2CCN(c3c(C)cccc3C)CC2)c(=O)c2ccccc12. The van der Waals surface area contributed by atoms with E-state index in [0.29, 0.717) is 29.4 Å². The van der Waals surface area contributed by atoms with Gasteiger partial charge in [-0.3, -0.25) is 19.3 Å². The number of aryl methyl sites for hydroxylation is 2. The molecule has 1 N–H and O–H groups in total. The first-order valence-electron chi connectivity index (χ1n) is 12.8. The number of carbonyl (C=O) groups excluding carboxylic acids is 2. The maximum Gasteiger partial charge on any atom is 0.311 e. The van der Waals surface area contributed by atoms with Crippen molar-refractivity contribution in [3.8, 4) is 0 Å². The van der Waals surface area contributed by atoms with Gasteiger partial charge in [0.05, 0.1) is 24.1 Å². The predicted molar refractivity (Wildman–Crippen MR) is 144 cm³/mol. The van der Waals surface area contributed by atoms with E-state index in [1.807, 2.05) is 0 Å². The summed E-state index contributed by atoms with van der Waals surface area (Å²) in [4.78, 5) is 42.3. The van der Waals surface area contributed by atoms with E-state index in [1.54, 1.807) is 31.2 Å². The molecular formula is C28H35N5O4. The number of hydrogen-bond acceptors (Lipinski definition) is 7. The van der Waals surface area contributed by atoms with Gasteiger partial charge in [-0.15, -0.1) is 0 Å². The number of nitrogens with one attached hydrogen (secondary N) is 1. The minimum Gasteiger partial charge on any atom is -0.466 e. The largest absolute Gasteiger partial charge is 0.466 e. The summed E-state index contributed by atoms with van der Waals surface area (Å²) in [7, 11) is 0. The molecule has 9 nitrogen and oxygen atoms in total. The first kappa shape index (κ1) is 26.3. The summed E-state index contributed by atoms with van der Waals surface area (Å²) in [6.45, 7) is 10.5. The van der Waals surface area contributed by atoms with Crippen LogP contribution in [-0.2, 0) is 27.4 Å². The Hall–Kier alpha value is -3.72. The van der Waals surface area contributed by atoms with Crippen LogP contribution in [0.5, 0.6) is 0 Å². The molecule has 37 heavy (non-hydrogen) atoms. The molecule has 1 fully saturated rings. The van der Waals surface area contributed by atoms with Crippen LogP contribution in [0.1, 0.15) is 30.2 Å². The zero-order valence-corrected chi connectivity index (χ0v) is 21.8. The minimum absolute atomic E-state index is 0.0451. The van der Waals surface area contributed by atoms with E-state index >= 15 is 0 Å². The van der Waals surface area contributed by atoms with E-state index in [4.69, 9.17) is 4.74 Å².